The van der Waals surface area contributed by atoms with E-state index in [4.69, 9.17) is 14.2 Å². The summed E-state index contributed by atoms with van der Waals surface area (Å²) in [6, 6.07) is 35.9. The molecule has 0 unspecified atom stereocenters. The zero-order chi connectivity index (χ0) is 28.3. The molecule has 4 aromatic rings. The van der Waals surface area contributed by atoms with Crippen molar-refractivity contribution in [2.75, 3.05) is 6.61 Å². The van der Waals surface area contributed by atoms with Gasteiger partial charge >= 0.3 is 6.09 Å². The van der Waals surface area contributed by atoms with Gasteiger partial charge in [0.05, 0.1) is 12.6 Å². The van der Waals surface area contributed by atoms with Crippen LogP contribution in [0.1, 0.15) is 22.3 Å². The quantitative estimate of drug-likeness (QED) is 0.223. The number of carbonyl (C=O) groups is 2. The van der Waals surface area contributed by atoms with Crippen LogP contribution in [0, 0.1) is 0 Å². The molecule has 2 N–H and O–H groups in total. The van der Waals surface area contributed by atoms with Crippen LogP contribution < -0.4 is 15.4 Å². The van der Waals surface area contributed by atoms with Crippen LogP contribution in [0.3, 0.4) is 0 Å². The third kappa shape index (κ3) is 8.95. The second-order valence-corrected chi connectivity index (χ2v) is 10.1. The summed E-state index contributed by atoms with van der Waals surface area (Å²) in [5, 5.41) is 5.89. The zero-order valence-corrected chi connectivity index (χ0v) is 22.8. The van der Waals surface area contributed by atoms with E-state index in [1.165, 1.54) is 0 Å². The van der Waals surface area contributed by atoms with E-state index in [1.807, 2.05) is 115 Å². The van der Waals surface area contributed by atoms with Gasteiger partial charge in [-0.1, -0.05) is 103 Å². The number of rotatable bonds is 13. The lowest BCUT2D eigenvalue weighted by Gasteiger charge is -2.23. The molecule has 0 radical (unpaired) electrons. The Labute approximate surface area is 240 Å². The number of carbonyl (C=O) groups excluding carboxylic acids is 2. The third-order valence-electron chi connectivity index (χ3n) is 6.87. The van der Waals surface area contributed by atoms with E-state index in [-0.39, 0.29) is 24.7 Å². The minimum absolute atomic E-state index is 0.0737. The summed E-state index contributed by atoms with van der Waals surface area (Å²) < 4.78 is 16.9. The van der Waals surface area contributed by atoms with Crippen molar-refractivity contribution in [3.63, 3.8) is 0 Å². The van der Waals surface area contributed by atoms with E-state index in [0.717, 1.165) is 28.0 Å². The van der Waals surface area contributed by atoms with Crippen LogP contribution in [0.2, 0.25) is 0 Å². The lowest BCUT2D eigenvalue weighted by molar-refractivity contribution is -0.123. The highest BCUT2D eigenvalue weighted by Gasteiger charge is 2.35. The Bertz CT molecular complexity index is 1380. The van der Waals surface area contributed by atoms with Crippen molar-refractivity contribution in [1.82, 2.24) is 10.6 Å². The van der Waals surface area contributed by atoms with Crippen molar-refractivity contribution in [3.05, 3.63) is 138 Å². The minimum atomic E-state index is -0.810. The number of alkyl carbamates (subject to hydrolysis) is 1. The fourth-order valence-corrected chi connectivity index (χ4v) is 4.53. The summed E-state index contributed by atoms with van der Waals surface area (Å²) in [6.45, 7) is 1.20. The second-order valence-electron chi connectivity index (χ2n) is 10.1. The Morgan fingerprint density at radius 1 is 0.683 bits per heavy atom. The molecule has 0 aliphatic carbocycles. The molecule has 1 fully saturated rings. The van der Waals surface area contributed by atoms with Gasteiger partial charge in [-0.3, -0.25) is 4.79 Å². The molecule has 0 spiro atoms. The van der Waals surface area contributed by atoms with Crippen LogP contribution in [0.5, 0.6) is 5.75 Å². The number of benzene rings is 4. The van der Waals surface area contributed by atoms with Crippen LogP contribution in [0.4, 0.5) is 4.79 Å². The van der Waals surface area contributed by atoms with Gasteiger partial charge in [0.2, 0.25) is 5.91 Å². The Morgan fingerprint density at radius 2 is 1.22 bits per heavy atom. The van der Waals surface area contributed by atoms with Crippen molar-refractivity contribution in [3.8, 4) is 5.75 Å². The fourth-order valence-electron chi connectivity index (χ4n) is 4.53. The Hall–Kier alpha value is -4.62. The monoisotopic (exact) mass is 550 g/mol. The van der Waals surface area contributed by atoms with Crippen LogP contribution in [0.25, 0.3) is 0 Å². The summed E-state index contributed by atoms with van der Waals surface area (Å²) in [7, 11) is 0. The maximum Gasteiger partial charge on any atom is 0.408 e. The van der Waals surface area contributed by atoms with Crippen molar-refractivity contribution in [1.29, 1.82) is 0 Å². The van der Waals surface area contributed by atoms with Crippen LogP contribution in [0.15, 0.2) is 115 Å². The average molecular weight is 551 g/mol. The number of amides is 2. The topological polar surface area (TPSA) is 89.2 Å². The first-order valence-corrected chi connectivity index (χ1v) is 13.8. The molecule has 41 heavy (non-hydrogen) atoms. The molecule has 5 rings (SSSR count). The Kier molecular flexibility index (Phi) is 9.63. The molecule has 1 aliphatic heterocycles. The van der Waals surface area contributed by atoms with Crippen LogP contribution in [-0.4, -0.2) is 36.8 Å². The lowest BCUT2D eigenvalue weighted by Crippen LogP contribution is -2.52. The summed E-state index contributed by atoms with van der Waals surface area (Å²) in [4.78, 5) is 26.2. The number of hydrogen-bond acceptors (Lipinski definition) is 5. The molecular formula is C34H34N2O5. The van der Waals surface area contributed by atoms with Gasteiger partial charge in [0.25, 0.3) is 0 Å². The van der Waals surface area contributed by atoms with Crippen LogP contribution in [-0.2, 0) is 40.3 Å². The van der Waals surface area contributed by atoms with Crippen molar-refractivity contribution >= 4 is 12.0 Å². The first kappa shape index (κ1) is 27.9. The molecule has 1 aliphatic rings. The number of epoxide rings is 1. The molecule has 1 heterocycles. The zero-order valence-electron chi connectivity index (χ0n) is 22.8. The molecule has 4 aromatic carbocycles. The molecule has 0 aromatic heterocycles. The van der Waals surface area contributed by atoms with Gasteiger partial charge in [-0.05, 0) is 40.8 Å². The highest BCUT2D eigenvalue weighted by atomic mass is 16.6. The molecule has 7 nitrogen and oxygen atoms in total. The summed E-state index contributed by atoms with van der Waals surface area (Å²) in [6.07, 6.45) is 0.204. The highest BCUT2D eigenvalue weighted by molar-refractivity contribution is 5.86. The van der Waals surface area contributed by atoms with Crippen molar-refractivity contribution in [2.45, 2.75) is 44.2 Å². The fraction of sp³-hybridized carbons (Fsp3) is 0.235. The molecule has 1 saturated heterocycles. The SMILES string of the molecule is O=C(N[C@@H](Cc1ccccc1)C(=O)N[C@@H](Cc1ccc(OCc2ccccc2)cc1)[C@H]1CO1)OCc1ccccc1. The first-order valence-electron chi connectivity index (χ1n) is 13.8. The molecule has 210 valence electrons. The van der Waals surface area contributed by atoms with Gasteiger partial charge in [0.1, 0.15) is 31.1 Å². The van der Waals surface area contributed by atoms with E-state index in [9.17, 15) is 9.59 Å². The predicted molar refractivity (Wildman–Crippen MR) is 156 cm³/mol. The molecular weight excluding hydrogens is 516 g/mol. The molecule has 2 amide bonds. The predicted octanol–water partition coefficient (Wildman–Crippen LogP) is 5.23. The number of ether oxygens (including phenoxy) is 3. The van der Waals surface area contributed by atoms with Gasteiger partial charge in [-0.25, -0.2) is 4.79 Å². The average Bonchev–Trinajstić information content (AvgIpc) is 3.86. The first-order chi connectivity index (χ1) is 20.1. The number of hydrogen-bond donors (Lipinski definition) is 2. The summed E-state index contributed by atoms with van der Waals surface area (Å²) in [5.74, 6) is 0.496. The van der Waals surface area contributed by atoms with Gasteiger partial charge < -0.3 is 24.8 Å². The smallest absolute Gasteiger partial charge is 0.408 e. The van der Waals surface area contributed by atoms with Crippen molar-refractivity contribution < 1.29 is 23.8 Å². The molecule has 0 bridgehead atoms. The normalized spacial score (nSPS) is 15.3. The van der Waals surface area contributed by atoms with Gasteiger partial charge in [0, 0.05) is 6.42 Å². The van der Waals surface area contributed by atoms with Gasteiger partial charge in [0.15, 0.2) is 0 Å². The number of nitrogens with one attached hydrogen (secondary N) is 2. The molecule has 3 atom stereocenters. The van der Waals surface area contributed by atoms with E-state index >= 15 is 0 Å². The van der Waals surface area contributed by atoms with E-state index < -0.39 is 12.1 Å². The van der Waals surface area contributed by atoms with E-state index in [1.54, 1.807) is 0 Å². The van der Waals surface area contributed by atoms with E-state index in [0.29, 0.717) is 26.1 Å². The minimum Gasteiger partial charge on any atom is -0.489 e. The molecule has 0 saturated carbocycles. The lowest BCUT2D eigenvalue weighted by atomic mass is 10.0. The van der Waals surface area contributed by atoms with Crippen molar-refractivity contribution in [2.24, 2.45) is 0 Å². The van der Waals surface area contributed by atoms with Crippen LogP contribution >= 0.6 is 0 Å². The van der Waals surface area contributed by atoms with E-state index in [2.05, 4.69) is 10.6 Å². The maximum atomic E-state index is 13.5. The maximum absolute atomic E-state index is 13.5. The molecule has 7 heteroatoms. The van der Waals surface area contributed by atoms with Gasteiger partial charge in [-0.2, -0.15) is 0 Å². The second kappa shape index (κ2) is 14.1. The highest BCUT2D eigenvalue weighted by Crippen LogP contribution is 2.21. The third-order valence-corrected chi connectivity index (χ3v) is 6.87. The largest absolute Gasteiger partial charge is 0.489 e. The standard InChI is InChI=1S/C34H34N2O5/c37-33(31(21-25-10-4-1-5-11-25)36-34(38)41-23-28-14-8-3-9-15-28)35-30(32-24-40-32)20-26-16-18-29(19-17-26)39-22-27-12-6-2-7-13-27/h1-19,30-32H,20-24H2,(H,35,37)(H,36,38)/t30-,31-,32+/m0/s1. The summed E-state index contributed by atoms with van der Waals surface area (Å²) in [5.41, 5.74) is 3.95. The van der Waals surface area contributed by atoms with Gasteiger partial charge in [-0.15, -0.1) is 0 Å². The Balaban J connectivity index is 1.19. The Morgan fingerprint density at radius 3 is 1.80 bits per heavy atom. The summed E-state index contributed by atoms with van der Waals surface area (Å²) >= 11 is 0.